The first-order valence-corrected chi connectivity index (χ1v) is 6.53. The van der Waals surface area contributed by atoms with Crippen molar-refractivity contribution < 1.29 is 4.74 Å². The topological polar surface area (TPSA) is 24.5 Å². The molecule has 0 amide bonds. The van der Waals surface area contributed by atoms with Gasteiger partial charge in [-0.25, -0.2) is 0 Å². The molecule has 0 saturated heterocycles. The summed E-state index contributed by atoms with van der Waals surface area (Å²) in [6.45, 7) is 6.07. The van der Waals surface area contributed by atoms with E-state index in [1.54, 1.807) is 7.11 Å². The number of rotatable bonds is 7. The van der Waals surface area contributed by atoms with Crippen molar-refractivity contribution in [1.82, 2.24) is 5.32 Å². The maximum absolute atomic E-state index is 5.24. The molecule has 1 N–H and O–H groups in total. The molecular weight excluding hydrogens is 224 g/mol. The smallest absolute Gasteiger partial charge is 0.0618 e. The third-order valence-electron chi connectivity index (χ3n) is 3.17. The summed E-state index contributed by atoms with van der Waals surface area (Å²) in [5, 5.41) is 3.55. The van der Waals surface area contributed by atoms with Gasteiger partial charge in [0.2, 0.25) is 0 Å². The molecule has 0 radical (unpaired) electrons. The fourth-order valence-electron chi connectivity index (χ4n) is 1.83. The van der Waals surface area contributed by atoms with Gasteiger partial charge in [0, 0.05) is 39.5 Å². The van der Waals surface area contributed by atoms with Gasteiger partial charge in [-0.15, -0.1) is 0 Å². The number of nitrogens with zero attached hydrogens (tertiary/aromatic N) is 1. The Balaban J connectivity index is 2.51. The van der Waals surface area contributed by atoms with Gasteiger partial charge in [-0.05, 0) is 23.6 Å². The van der Waals surface area contributed by atoms with Gasteiger partial charge in [-0.1, -0.05) is 26.0 Å². The molecule has 0 heterocycles. The average molecular weight is 250 g/mol. The lowest BCUT2D eigenvalue weighted by Crippen LogP contribution is -2.37. The summed E-state index contributed by atoms with van der Waals surface area (Å²) in [6.07, 6.45) is 0. The minimum atomic E-state index is 0.406. The molecule has 0 fully saturated rings. The zero-order chi connectivity index (χ0) is 13.5. The van der Waals surface area contributed by atoms with Gasteiger partial charge in [0.05, 0.1) is 6.61 Å². The van der Waals surface area contributed by atoms with Gasteiger partial charge in [-0.2, -0.15) is 0 Å². The van der Waals surface area contributed by atoms with Crippen LogP contribution in [0.2, 0.25) is 0 Å². The van der Waals surface area contributed by atoms with Gasteiger partial charge >= 0.3 is 0 Å². The van der Waals surface area contributed by atoms with Gasteiger partial charge in [0.1, 0.15) is 0 Å². The third kappa shape index (κ3) is 4.67. The SMILES string of the molecule is COCC(NCc1ccc(N(C)C)cc1)C(C)C. The van der Waals surface area contributed by atoms with Crippen LogP contribution in [0.5, 0.6) is 0 Å². The summed E-state index contributed by atoms with van der Waals surface area (Å²) < 4.78 is 5.24. The van der Waals surface area contributed by atoms with Crippen LogP contribution in [0.1, 0.15) is 19.4 Å². The van der Waals surface area contributed by atoms with Crippen LogP contribution in [0.4, 0.5) is 5.69 Å². The molecule has 1 aromatic rings. The molecule has 0 aliphatic carbocycles. The van der Waals surface area contributed by atoms with Crippen molar-refractivity contribution in [2.24, 2.45) is 5.92 Å². The van der Waals surface area contributed by atoms with E-state index in [0.29, 0.717) is 12.0 Å². The quantitative estimate of drug-likeness (QED) is 0.805. The van der Waals surface area contributed by atoms with Crippen LogP contribution in [-0.2, 0) is 11.3 Å². The fraction of sp³-hybridized carbons (Fsp3) is 0.600. The Bertz CT molecular complexity index is 333. The predicted octanol–water partition coefficient (Wildman–Crippen LogP) is 2.51. The second kappa shape index (κ2) is 7.39. The van der Waals surface area contributed by atoms with Crippen molar-refractivity contribution >= 4 is 5.69 Å². The summed E-state index contributed by atoms with van der Waals surface area (Å²) in [5.41, 5.74) is 2.54. The second-order valence-electron chi connectivity index (χ2n) is 5.25. The van der Waals surface area contributed by atoms with Crippen LogP contribution >= 0.6 is 0 Å². The van der Waals surface area contributed by atoms with Crippen LogP contribution in [0.25, 0.3) is 0 Å². The zero-order valence-corrected chi connectivity index (χ0v) is 12.2. The maximum atomic E-state index is 5.24. The molecule has 0 aromatic heterocycles. The van der Waals surface area contributed by atoms with E-state index in [9.17, 15) is 0 Å². The van der Waals surface area contributed by atoms with Crippen LogP contribution in [0.15, 0.2) is 24.3 Å². The van der Waals surface area contributed by atoms with Crippen molar-refractivity contribution in [3.63, 3.8) is 0 Å². The molecule has 102 valence electrons. The molecule has 18 heavy (non-hydrogen) atoms. The number of anilines is 1. The molecule has 0 aliphatic heterocycles. The Hall–Kier alpha value is -1.06. The Labute approximate surface area is 111 Å². The van der Waals surface area contributed by atoms with Crippen molar-refractivity contribution in [2.45, 2.75) is 26.4 Å². The highest BCUT2D eigenvalue weighted by Crippen LogP contribution is 2.12. The van der Waals surface area contributed by atoms with E-state index in [0.717, 1.165) is 13.2 Å². The molecule has 3 heteroatoms. The highest BCUT2D eigenvalue weighted by atomic mass is 16.5. The summed E-state index contributed by atoms with van der Waals surface area (Å²) in [6, 6.07) is 9.05. The summed E-state index contributed by atoms with van der Waals surface area (Å²) in [7, 11) is 5.87. The molecule has 0 bridgehead atoms. The Kier molecular flexibility index (Phi) is 6.16. The number of nitrogens with one attached hydrogen (secondary N) is 1. The van der Waals surface area contributed by atoms with Crippen LogP contribution in [0.3, 0.4) is 0 Å². The summed E-state index contributed by atoms with van der Waals surface area (Å²) >= 11 is 0. The lowest BCUT2D eigenvalue weighted by atomic mass is 10.0. The molecule has 1 atom stereocenters. The van der Waals surface area contributed by atoms with Crippen LogP contribution in [-0.4, -0.2) is 33.9 Å². The largest absolute Gasteiger partial charge is 0.383 e. The lowest BCUT2D eigenvalue weighted by molar-refractivity contribution is 0.146. The first kappa shape index (κ1) is 15.0. The minimum absolute atomic E-state index is 0.406. The molecule has 3 nitrogen and oxygen atoms in total. The molecule has 0 spiro atoms. The number of methoxy groups -OCH3 is 1. The van der Waals surface area contributed by atoms with Crippen molar-refractivity contribution in [3.05, 3.63) is 29.8 Å². The van der Waals surface area contributed by atoms with E-state index in [1.807, 2.05) is 0 Å². The Morgan fingerprint density at radius 3 is 2.22 bits per heavy atom. The van der Waals surface area contributed by atoms with E-state index in [1.165, 1.54) is 11.3 Å². The second-order valence-corrected chi connectivity index (χ2v) is 5.25. The predicted molar refractivity (Wildman–Crippen MR) is 78.1 cm³/mol. The third-order valence-corrected chi connectivity index (χ3v) is 3.17. The summed E-state index contributed by atoms with van der Waals surface area (Å²) in [5.74, 6) is 0.575. The van der Waals surface area contributed by atoms with E-state index < -0.39 is 0 Å². The normalized spacial score (nSPS) is 12.8. The molecule has 1 rings (SSSR count). The first-order chi connectivity index (χ1) is 8.54. The molecular formula is C15H26N2O. The summed E-state index contributed by atoms with van der Waals surface area (Å²) in [4.78, 5) is 2.11. The van der Waals surface area contributed by atoms with Crippen molar-refractivity contribution in [3.8, 4) is 0 Å². The molecule has 0 saturated carbocycles. The molecule has 0 aliphatic rings. The standard InChI is InChI=1S/C15H26N2O/c1-12(2)15(11-18-5)16-10-13-6-8-14(9-7-13)17(3)4/h6-9,12,15-16H,10-11H2,1-5H3. The fourth-order valence-corrected chi connectivity index (χ4v) is 1.83. The lowest BCUT2D eigenvalue weighted by Gasteiger charge is -2.22. The maximum Gasteiger partial charge on any atom is 0.0618 e. The highest BCUT2D eigenvalue weighted by Gasteiger charge is 2.11. The molecule has 1 aromatic carbocycles. The minimum Gasteiger partial charge on any atom is -0.383 e. The Morgan fingerprint density at radius 2 is 1.78 bits per heavy atom. The van der Waals surface area contributed by atoms with Crippen molar-refractivity contribution in [2.75, 3.05) is 32.7 Å². The Morgan fingerprint density at radius 1 is 1.17 bits per heavy atom. The van der Waals surface area contributed by atoms with E-state index in [-0.39, 0.29) is 0 Å². The van der Waals surface area contributed by atoms with Gasteiger partial charge in [0.25, 0.3) is 0 Å². The van der Waals surface area contributed by atoms with Gasteiger partial charge in [-0.3, -0.25) is 0 Å². The van der Waals surface area contributed by atoms with Gasteiger partial charge in [0.15, 0.2) is 0 Å². The number of benzene rings is 1. The van der Waals surface area contributed by atoms with Crippen LogP contribution in [0, 0.1) is 5.92 Å². The highest BCUT2D eigenvalue weighted by molar-refractivity contribution is 5.45. The number of hydrogen-bond acceptors (Lipinski definition) is 3. The number of ether oxygens (including phenoxy) is 1. The zero-order valence-electron chi connectivity index (χ0n) is 12.2. The molecule has 1 unspecified atom stereocenters. The number of hydrogen-bond donors (Lipinski definition) is 1. The van der Waals surface area contributed by atoms with Crippen LogP contribution < -0.4 is 10.2 Å². The monoisotopic (exact) mass is 250 g/mol. The first-order valence-electron chi connectivity index (χ1n) is 6.53. The average Bonchev–Trinajstić information content (AvgIpc) is 2.34. The van der Waals surface area contributed by atoms with E-state index in [2.05, 4.69) is 62.4 Å². The van der Waals surface area contributed by atoms with Crippen molar-refractivity contribution in [1.29, 1.82) is 0 Å². The van der Waals surface area contributed by atoms with E-state index >= 15 is 0 Å². The van der Waals surface area contributed by atoms with E-state index in [4.69, 9.17) is 4.74 Å². The van der Waals surface area contributed by atoms with Gasteiger partial charge < -0.3 is 15.0 Å².